The van der Waals surface area contributed by atoms with Gasteiger partial charge in [-0.15, -0.1) is 0 Å². The van der Waals surface area contributed by atoms with Crippen molar-refractivity contribution in [3.8, 4) is 22.8 Å². The molecule has 0 radical (unpaired) electrons. The van der Waals surface area contributed by atoms with Crippen LogP contribution in [0, 0.1) is 0 Å². The van der Waals surface area contributed by atoms with Gasteiger partial charge < -0.3 is 14.6 Å². The standard InChI is InChI=1S/C16H19N3O3/c20-13-3-4-19(10-13)9-12-8-17-18-16(12)11-1-2-14-15(7-11)22-6-5-21-14/h1-2,7-8,13,20H,3-6,9-10H2,(H,17,18)/t13-/m0/s1. The third-order valence-corrected chi connectivity index (χ3v) is 4.19. The van der Waals surface area contributed by atoms with Crippen LogP contribution in [0.2, 0.25) is 0 Å². The number of benzene rings is 1. The van der Waals surface area contributed by atoms with E-state index in [1.807, 2.05) is 24.4 Å². The number of hydrogen-bond donors (Lipinski definition) is 2. The van der Waals surface area contributed by atoms with Crippen molar-refractivity contribution < 1.29 is 14.6 Å². The summed E-state index contributed by atoms with van der Waals surface area (Å²) in [6.07, 6.45) is 2.50. The van der Waals surface area contributed by atoms with Gasteiger partial charge in [-0.2, -0.15) is 5.10 Å². The van der Waals surface area contributed by atoms with E-state index in [0.29, 0.717) is 13.2 Å². The number of aromatic nitrogens is 2. The second-order valence-electron chi connectivity index (χ2n) is 5.81. The Bertz CT molecular complexity index is 670. The quantitative estimate of drug-likeness (QED) is 0.897. The van der Waals surface area contributed by atoms with Crippen molar-refractivity contribution in [2.24, 2.45) is 0 Å². The molecule has 0 aliphatic carbocycles. The molecule has 4 rings (SSSR count). The number of rotatable bonds is 3. The molecule has 0 saturated carbocycles. The van der Waals surface area contributed by atoms with Gasteiger partial charge in [0.1, 0.15) is 13.2 Å². The molecule has 2 aromatic rings. The number of nitrogens with zero attached hydrogens (tertiary/aromatic N) is 2. The molecule has 0 spiro atoms. The minimum absolute atomic E-state index is 0.204. The molecule has 2 N–H and O–H groups in total. The van der Waals surface area contributed by atoms with Crippen LogP contribution in [0.25, 0.3) is 11.3 Å². The number of fused-ring (bicyclic) bond motifs is 1. The number of ether oxygens (including phenoxy) is 2. The van der Waals surface area contributed by atoms with Crippen molar-refractivity contribution in [1.29, 1.82) is 0 Å². The first kappa shape index (κ1) is 13.6. The van der Waals surface area contributed by atoms with E-state index in [1.54, 1.807) is 0 Å². The highest BCUT2D eigenvalue weighted by Gasteiger charge is 2.22. The minimum atomic E-state index is -0.204. The maximum absolute atomic E-state index is 9.65. The van der Waals surface area contributed by atoms with Crippen molar-refractivity contribution in [2.75, 3.05) is 26.3 Å². The average Bonchev–Trinajstić information content (AvgIpc) is 3.16. The first-order valence-corrected chi connectivity index (χ1v) is 7.62. The summed E-state index contributed by atoms with van der Waals surface area (Å²) in [5.74, 6) is 1.57. The van der Waals surface area contributed by atoms with Crippen LogP contribution in [0.15, 0.2) is 24.4 Å². The number of β-amino-alcohol motifs (C(OH)–C–C–N with tert-alkyl or cyclic N) is 1. The average molecular weight is 301 g/mol. The van der Waals surface area contributed by atoms with Gasteiger partial charge in [0.15, 0.2) is 11.5 Å². The molecule has 3 heterocycles. The number of aliphatic hydroxyl groups excluding tert-OH is 1. The van der Waals surface area contributed by atoms with Gasteiger partial charge in [-0.1, -0.05) is 0 Å². The molecular weight excluding hydrogens is 282 g/mol. The topological polar surface area (TPSA) is 70.6 Å². The maximum atomic E-state index is 9.65. The van der Waals surface area contributed by atoms with Gasteiger partial charge in [0.05, 0.1) is 18.0 Å². The van der Waals surface area contributed by atoms with Gasteiger partial charge >= 0.3 is 0 Å². The zero-order valence-electron chi connectivity index (χ0n) is 12.3. The van der Waals surface area contributed by atoms with E-state index < -0.39 is 0 Å². The largest absolute Gasteiger partial charge is 0.486 e. The minimum Gasteiger partial charge on any atom is -0.486 e. The van der Waals surface area contributed by atoms with E-state index in [0.717, 1.165) is 54.4 Å². The fourth-order valence-corrected chi connectivity index (χ4v) is 3.08. The summed E-state index contributed by atoms with van der Waals surface area (Å²) in [6, 6.07) is 5.95. The van der Waals surface area contributed by atoms with Crippen molar-refractivity contribution in [3.05, 3.63) is 30.0 Å². The Balaban J connectivity index is 1.59. The van der Waals surface area contributed by atoms with Crippen LogP contribution in [0.3, 0.4) is 0 Å². The lowest BCUT2D eigenvalue weighted by Crippen LogP contribution is -2.21. The predicted molar refractivity (Wildman–Crippen MR) is 80.9 cm³/mol. The molecule has 6 nitrogen and oxygen atoms in total. The molecule has 1 fully saturated rings. The van der Waals surface area contributed by atoms with Crippen LogP contribution in [-0.4, -0.2) is 52.6 Å². The lowest BCUT2D eigenvalue weighted by Gasteiger charge is -2.19. The van der Waals surface area contributed by atoms with Gasteiger partial charge in [-0.3, -0.25) is 10.00 Å². The van der Waals surface area contributed by atoms with Gasteiger partial charge in [0.2, 0.25) is 0 Å². The summed E-state index contributed by atoms with van der Waals surface area (Å²) in [4.78, 5) is 2.25. The van der Waals surface area contributed by atoms with E-state index in [1.165, 1.54) is 0 Å². The summed E-state index contributed by atoms with van der Waals surface area (Å²) >= 11 is 0. The number of aromatic amines is 1. The van der Waals surface area contributed by atoms with Crippen LogP contribution in [0.5, 0.6) is 11.5 Å². The summed E-state index contributed by atoms with van der Waals surface area (Å²) in [5, 5.41) is 16.9. The molecule has 2 aliphatic heterocycles. The second-order valence-corrected chi connectivity index (χ2v) is 5.81. The van der Waals surface area contributed by atoms with Crippen LogP contribution in [-0.2, 0) is 6.54 Å². The molecule has 1 aromatic heterocycles. The van der Waals surface area contributed by atoms with Crippen LogP contribution in [0.1, 0.15) is 12.0 Å². The number of H-pyrrole nitrogens is 1. The smallest absolute Gasteiger partial charge is 0.162 e. The highest BCUT2D eigenvalue weighted by Crippen LogP contribution is 2.35. The highest BCUT2D eigenvalue weighted by molar-refractivity contribution is 5.66. The monoisotopic (exact) mass is 301 g/mol. The van der Waals surface area contributed by atoms with Gasteiger partial charge in [-0.05, 0) is 24.6 Å². The maximum Gasteiger partial charge on any atom is 0.162 e. The Labute approximate surface area is 128 Å². The third kappa shape index (κ3) is 2.55. The summed E-state index contributed by atoms with van der Waals surface area (Å²) in [5.41, 5.74) is 3.17. The SMILES string of the molecule is O[C@H]1CCN(Cc2cn[nH]c2-c2ccc3c(c2)OCCO3)C1. The molecular formula is C16H19N3O3. The molecule has 0 bridgehead atoms. The number of hydrogen-bond acceptors (Lipinski definition) is 5. The number of likely N-dealkylation sites (tertiary alicyclic amines) is 1. The molecule has 2 aliphatic rings. The fraction of sp³-hybridized carbons (Fsp3) is 0.438. The highest BCUT2D eigenvalue weighted by atomic mass is 16.6. The van der Waals surface area contributed by atoms with Crippen LogP contribution in [0.4, 0.5) is 0 Å². The van der Waals surface area contributed by atoms with E-state index in [9.17, 15) is 5.11 Å². The Morgan fingerprint density at radius 2 is 2.14 bits per heavy atom. The molecule has 1 atom stereocenters. The summed E-state index contributed by atoms with van der Waals surface area (Å²) < 4.78 is 11.2. The lowest BCUT2D eigenvalue weighted by molar-refractivity contribution is 0.171. The fourth-order valence-electron chi connectivity index (χ4n) is 3.08. The van der Waals surface area contributed by atoms with Crippen molar-refractivity contribution in [3.63, 3.8) is 0 Å². The van der Waals surface area contributed by atoms with Crippen LogP contribution < -0.4 is 9.47 Å². The molecule has 6 heteroatoms. The number of aliphatic hydroxyl groups is 1. The molecule has 116 valence electrons. The lowest BCUT2D eigenvalue weighted by atomic mass is 10.1. The molecule has 22 heavy (non-hydrogen) atoms. The summed E-state index contributed by atoms with van der Waals surface area (Å²) in [6.45, 7) is 3.62. The van der Waals surface area contributed by atoms with Crippen molar-refractivity contribution >= 4 is 0 Å². The first-order chi connectivity index (χ1) is 10.8. The molecule has 1 saturated heterocycles. The zero-order chi connectivity index (χ0) is 14.9. The predicted octanol–water partition coefficient (Wildman–Crippen LogP) is 1.41. The van der Waals surface area contributed by atoms with Crippen molar-refractivity contribution in [1.82, 2.24) is 15.1 Å². The molecule has 1 aromatic carbocycles. The van der Waals surface area contributed by atoms with E-state index >= 15 is 0 Å². The zero-order valence-corrected chi connectivity index (χ0v) is 12.3. The first-order valence-electron chi connectivity index (χ1n) is 7.62. The Morgan fingerprint density at radius 1 is 1.27 bits per heavy atom. The van der Waals surface area contributed by atoms with Gasteiger partial charge in [-0.25, -0.2) is 0 Å². The molecule has 0 unspecified atom stereocenters. The van der Waals surface area contributed by atoms with Gasteiger partial charge in [0.25, 0.3) is 0 Å². The Hall–Kier alpha value is -2.05. The summed E-state index contributed by atoms with van der Waals surface area (Å²) in [7, 11) is 0. The molecule has 0 amide bonds. The Kier molecular flexibility index (Phi) is 3.48. The normalized spacial score (nSPS) is 21.2. The Morgan fingerprint density at radius 3 is 2.95 bits per heavy atom. The van der Waals surface area contributed by atoms with Crippen molar-refractivity contribution in [2.45, 2.75) is 19.1 Å². The van der Waals surface area contributed by atoms with Crippen LogP contribution >= 0.6 is 0 Å². The second kappa shape index (κ2) is 5.62. The van der Waals surface area contributed by atoms with E-state index in [2.05, 4.69) is 15.1 Å². The number of nitrogens with one attached hydrogen (secondary N) is 1. The van der Waals surface area contributed by atoms with Gasteiger partial charge in [0, 0.05) is 30.8 Å². The third-order valence-electron chi connectivity index (χ3n) is 4.19. The van der Waals surface area contributed by atoms with E-state index in [4.69, 9.17) is 9.47 Å². The van der Waals surface area contributed by atoms with E-state index in [-0.39, 0.29) is 6.10 Å².